The van der Waals surface area contributed by atoms with Crippen LogP contribution in [0.4, 0.5) is 5.69 Å². The van der Waals surface area contributed by atoms with Gasteiger partial charge in [-0.15, -0.1) is 23.2 Å². The van der Waals surface area contributed by atoms with Crippen molar-refractivity contribution in [1.29, 1.82) is 0 Å². The third-order valence-corrected chi connectivity index (χ3v) is 5.77. The van der Waals surface area contributed by atoms with Gasteiger partial charge in [0.1, 0.15) is 12.4 Å². The van der Waals surface area contributed by atoms with Crippen molar-refractivity contribution in [2.45, 2.75) is 27.2 Å². The number of alkyl halides is 2. The van der Waals surface area contributed by atoms with Gasteiger partial charge in [-0.1, -0.05) is 0 Å². The smallest absolute Gasteiger partial charge is 0.338 e. The minimum Gasteiger partial charge on any atom is -0.495 e. The molecular weight excluding hydrogens is 441 g/mol. The van der Waals surface area contributed by atoms with E-state index in [2.05, 4.69) is 0 Å². The summed E-state index contributed by atoms with van der Waals surface area (Å²) in [6, 6.07) is 4.95. The summed E-state index contributed by atoms with van der Waals surface area (Å²) in [4.78, 5) is 39.5. The number of anilines is 1. The third kappa shape index (κ3) is 5.69. The molecule has 2 rings (SSSR count). The van der Waals surface area contributed by atoms with Gasteiger partial charge in [0, 0.05) is 47.1 Å². The molecule has 0 spiro atoms. The average Bonchev–Trinajstić information content (AvgIpc) is 2.78. The van der Waals surface area contributed by atoms with Gasteiger partial charge in [0.2, 0.25) is 0 Å². The first-order chi connectivity index (χ1) is 14.8. The van der Waals surface area contributed by atoms with Crippen LogP contribution in [0.25, 0.3) is 0 Å². The van der Waals surface area contributed by atoms with Crippen molar-refractivity contribution < 1.29 is 23.9 Å². The molecule has 8 heteroatoms. The molecule has 0 bridgehead atoms. The van der Waals surface area contributed by atoms with Crippen LogP contribution in [-0.2, 0) is 14.3 Å². The molecule has 1 aromatic rings. The monoisotopic (exact) mass is 467 g/mol. The number of nitrogens with zero attached hydrogens (tertiary/aromatic N) is 1. The summed E-state index contributed by atoms with van der Waals surface area (Å²) >= 11 is 11.8. The minimum absolute atomic E-state index is 0.203. The first-order valence-electron chi connectivity index (χ1n) is 9.95. The predicted octanol–water partition coefficient (Wildman–Crippen LogP) is 4.33. The molecule has 0 radical (unpaired) electrons. The number of benzene rings is 1. The van der Waals surface area contributed by atoms with E-state index in [-0.39, 0.29) is 23.7 Å². The zero-order chi connectivity index (χ0) is 23.1. The molecule has 0 aliphatic heterocycles. The number of carbonyl (C=O) groups excluding carboxylic acids is 3. The zero-order valence-electron chi connectivity index (χ0n) is 18.2. The van der Waals surface area contributed by atoms with Crippen molar-refractivity contribution in [3.63, 3.8) is 0 Å². The largest absolute Gasteiger partial charge is 0.495 e. The fraction of sp³-hybridized carbons (Fsp3) is 0.435. The number of hydrogen-bond acceptors (Lipinski definition) is 6. The molecule has 1 aromatic carbocycles. The van der Waals surface area contributed by atoms with Crippen LogP contribution in [0, 0.1) is 0 Å². The van der Waals surface area contributed by atoms with E-state index in [1.807, 2.05) is 4.90 Å². The third-order valence-electron chi connectivity index (χ3n) is 5.33. The molecular formula is C23H27Cl2NO5. The van der Waals surface area contributed by atoms with E-state index in [1.54, 1.807) is 46.1 Å². The molecule has 6 nitrogen and oxygen atoms in total. The Labute approximate surface area is 192 Å². The summed E-state index contributed by atoms with van der Waals surface area (Å²) in [7, 11) is 1.55. The van der Waals surface area contributed by atoms with Gasteiger partial charge in [-0.2, -0.15) is 0 Å². The van der Waals surface area contributed by atoms with Crippen molar-refractivity contribution in [1.82, 2.24) is 0 Å². The van der Waals surface area contributed by atoms with Gasteiger partial charge in [-0.05, 0) is 45.4 Å². The first-order valence-corrected chi connectivity index (χ1v) is 11.0. The standard InChI is InChI=1S/C23H27Cl2NO5/c1-14-15(2)22(28)18(16(3)21(14)27)13-31-23(29)17-6-7-20(30-4)19(12-17)26(11-9-25)10-5-8-24/h6-7,12H,5,8-11,13H2,1-4H3. The number of Topliss-reactive ketones (excluding diaryl/α,β-unsaturated/α-hetero) is 2. The number of halogens is 2. The number of ketones is 2. The molecule has 0 heterocycles. The summed E-state index contributed by atoms with van der Waals surface area (Å²) in [6.45, 7) is 5.74. The Kier molecular flexibility index (Phi) is 9.14. The molecule has 0 saturated carbocycles. The van der Waals surface area contributed by atoms with Crippen molar-refractivity contribution in [3.05, 3.63) is 46.1 Å². The Morgan fingerprint density at radius 1 is 0.968 bits per heavy atom. The SMILES string of the molecule is COc1ccc(C(=O)OCC2=C(C)C(=O)C(C)=C(C)C2=O)cc1N(CCCl)CCCCl. The summed E-state index contributed by atoms with van der Waals surface area (Å²) < 4.78 is 10.8. The lowest BCUT2D eigenvalue weighted by atomic mass is 9.86. The van der Waals surface area contributed by atoms with Gasteiger partial charge < -0.3 is 14.4 Å². The Morgan fingerprint density at radius 3 is 2.26 bits per heavy atom. The van der Waals surface area contributed by atoms with E-state index in [1.165, 1.54) is 0 Å². The highest BCUT2D eigenvalue weighted by molar-refractivity contribution is 6.24. The molecule has 0 saturated heterocycles. The zero-order valence-corrected chi connectivity index (χ0v) is 19.7. The number of esters is 1. The maximum atomic E-state index is 12.7. The van der Waals surface area contributed by atoms with Crippen molar-refractivity contribution in [3.8, 4) is 5.75 Å². The highest BCUT2D eigenvalue weighted by Crippen LogP contribution is 2.30. The summed E-state index contributed by atoms with van der Waals surface area (Å²) in [5.41, 5.74) is 2.33. The first kappa shape index (κ1) is 25.0. The van der Waals surface area contributed by atoms with Crippen LogP contribution in [0.2, 0.25) is 0 Å². The molecule has 0 atom stereocenters. The molecule has 1 aliphatic rings. The van der Waals surface area contributed by atoms with Gasteiger partial charge in [0.05, 0.1) is 18.4 Å². The molecule has 0 amide bonds. The second-order valence-electron chi connectivity index (χ2n) is 7.19. The highest BCUT2D eigenvalue weighted by Gasteiger charge is 2.28. The Bertz CT molecular complexity index is 936. The molecule has 31 heavy (non-hydrogen) atoms. The quantitative estimate of drug-likeness (QED) is 0.289. The molecule has 0 aromatic heterocycles. The number of hydrogen-bond donors (Lipinski definition) is 0. The van der Waals surface area contributed by atoms with Crippen LogP contribution in [0.3, 0.4) is 0 Å². The minimum atomic E-state index is -0.600. The maximum absolute atomic E-state index is 12.7. The van der Waals surface area contributed by atoms with Crippen LogP contribution >= 0.6 is 23.2 Å². The van der Waals surface area contributed by atoms with Gasteiger partial charge in [-0.25, -0.2) is 4.79 Å². The molecule has 168 valence electrons. The second-order valence-corrected chi connectivity index (χ2v) is 7.95. The van der Waals surface area contributed by atoms with E-state index >= 15 is 0 Å². The molecule has 0 fully saturated rings. The molecule has 1 aliphatic carbocycles. The lowest BCUT2D eigenvalue weighted by Gasteiger charge is -2.26. The van der Waals surface area contributed by atoms with Gasteiger partial charge in [0.25, 0.3) is 0 Å². The van der Waals surface area contributed by atoms with Crippen molar-refractivity contribution in [2.75, 3.05) is 43.5 Å². The highest BCUT2D eigenvalue weighted by atomic mass is 35.5. The number of carbonyl (C=O) groups is 3. The lowest BCUT2D eigenvalue weighted by molar-refractivity contribution is -0.116. The Morgan fingerprint density at radius 2 is 1.65 bits per heavy atom. The lowest BCUT2D eigenvalue weighted by Crippen LogP contribution is -2.28. The van der Waals surface area contributed by atoms with Crippen LogP contribution in [-0.4, -0.2) is 56.1 Å². The van der Waals surface area contributed by atoms with Gasteiger partial charge in [0.15, 0.2) is 11.6 Å². The number of rotatable bonds is 10. The number of methoxy groups -OCH3 is 1. The molecule has 0 unspecified atom stereocenters. The van der Waals surface area contributed by atoms with E-state index in [0.717, 1.165) is 6.42 Å². The number of ether oxygens (including phenoxy) is 2. The van der Waals surface area contributed by atoms with E-state index in [9.17, 15) is 14.4 Å². The predicted molar refractivity (Wildman–Crippen MR) is 123 cm³/mol. The van der Waals surface area contributed by atoms with Crippen LogP contribution < -0.4 is 9.64 Å². The van der Waals surface area contributed by atoms with E-state index in [4.69, 9.17) is 32.7 Å². The maximum Gasteiger partial charge on any atom is 0.338 e. The van der Waals surface area contributed by atoms with Gasteiger partial charge >= 0.3 is 5.97 Å². The van der Waals surface area contributed by atoms with Crippen molar-refractivity contribution >= 4 is 46.4 Å². The summed E-state index contributed by atoms with van der Waals surface area (Å²) in [6.07, 6.45) is 0.742. The Hall–Kier alpha value is -2.31. The topological polar surface area (TPSA) is 72.9 Å². The fourth-order valence-electron chi connectivity index (χ4n) is 3.32. The second kappa shape index (κ2) is 11.3. The van der Waals surface area contributed by atoms with Crippen LogP contribution in [0.5, 0.6) is 5.75 Å². The van der Waals surface area contributed by atoms with Gasteiger partial charge in [-0.3, -0.25) is 9.59 Å². The Balaban J connectivity index is 2.24. The average molecular weight is 468 g/mol. The van der Waals surface area contributed by atoms with Crippen LogP contribution in [0.15, 0.2) is 40.5 Å². The normalized spacial score (nSPS) is 14.3. The van der Waals surface area contributed by atoms with E-state index < -0.39 is 5.97 Å². The van der Waals surface area contributed by atoms with Crippen LogP contribution in [0.1, 0.15) is 37.6 Å². The van der Waals surface area contributed by atoms with E-state index in [0.29, 0.717) is 58.6 Å². The number of allylic oxidation sites excluding steroid dienone is 3. The summed E-state index contributed by atoms with van der Waals surface area (Å²) in [5.74, 6) is 0.418. The fourth-order valence-corrected chi connectivity index (χ4v) is 3.64. The summed E-state index contributed by atoms with van der Waals surface area (Å²) in [5, 5.41) is 0. The molecule has 0 N–H and O–H groups in total. The van der Waals surface area contributed by atoms with Crippen molar-refractivity contribution in [2.24, 2.45) is 0 Å².